The van der Waals surface area contributed by atoms with E-state index in [1.807, 2.05) is 34.9 Å². The molecule has 9 heteroatoms. The predicted octanol–water partition coefficient (Wildman–Crippen LogP) is 4.61. The normalized spacial score (nSPS) is 16.0. The molecule has 0 unspecified atom stereocenters. The van der Waals surface area contributed by atoms with E-state index >= 15 is 0 Å². The van der Waals surface area contributed by atoms with Crippen molar-refractivity contribution >= 4 is 5.91 Å². The van der Waals surface area contributed by atoms with Crippen LogP contribution in [0.1, 0.15) is 34.6 Å². The molecular formula is C24H18F3N3O3. The van der Waals surface area contributed by atoms with Gasteiger partial charge in [-0.15, -0.1) is 0 Å². The van der Waals surface area contributed by atoms with Gasteiger partial charge in [0.15, 0.2) is 17.2 Å². The number of piperidine rings is 1. The average molecular weight is 453 g/mol. The molecule has 3 heterocycles. The third-order valence-electron chi connectivity index (χ3n) is 6.14. The van der Waals surface area contributed by atoms with Gasteiger partial charge in [-0.05, 0) is 36.4 Å². The number of amides is 1. The van der Waals surface area contributed by atoms with E-state index < -0.39 is 29.7 Å². The number of carbonyl (C=O) groups excluding carboxylic acids is 1. The van der Waals surface area contributed by atoms with Crippen molar-refractivity contribution < 1.29 is 27.4 Å². The second-order valence-corrected chi connectivity index (χ2v) is 7.90. The zero-order valence-corrected chi connectivity index (χ0v) is 17.3. The second kappa shape index (κ2) is 7.89. The largest absolute Gasteiger partial charge is 0.479 e. The molecule has 5 rings (SSSR count). The molecule has 6 nitrogen and oxygen atoms in total. The second-order valence-electron chi connectivity index (χ2n) is 7.90. The number of hydrogen-bond acceptors (Lipinski definition) is 4. The zero-order valence-electron chi connectivity index (χ0n) is 17.3. The topological polar surface area (TPSA) is 67.5 Å². The van der Waals surface area contributed by atoms with Crippen molar-refractivity contribution in [2.24, 2.45) is 0 Å². The molecule has 2 aliphatic rings. The first-order valence-electron chi connectivity index (χ1n) is 10.4. The fourth-order valence-electron chi connectivity index (χ4n) is 4.62. The number of alkyl halides is 2. The molecule has 0 radical (unpaired) electrons. The highest BCUT2D eigenvalue weighted by Crippen LogP contribution is 2.46. The SMILES string of the molecule is N#Cc1ccc2n1-c1ccccc1OC21CCN(C(=O)c2cccc(F)c2OC(F)F)CC1. The highest BCUT2D eigenvalue weighted by atomic mass is 19.3. The van der Waals surface area contributed by atoms with Gasteiger partial charge in [-0.2, -0.15) is 14.0 Å². The first kappa shape index (κ1) is 20.9. The smallest absolute Gasteiger partial charge is 0.387 e. The standard InChI is InChI=1S/C24H18F3N3O3/c25-17-5-3-4-16(21(17)32-23(26)27)22(31)29-12-10-24(11-13-29)20-9-8-15(14-28)30(20)18-6-1-2-7-19(18)33-24/h1-9,23H,10-13H2. The summed E-state index contributed by atoms with van der Waals surface area (Å²) in [6.45, 7) is -2.76. The molecule has 33 heavy (non-hydrogen) atoms. The first-order chi connectivity index (χ1) is 15.9. The van der Waals surface area contributed by atoms with Crippen molar-refractivity contribution in [3.05, 3.63) is 77.4 Å². The van der Waals surface area contributed by atoms with Gasteiger partial charge in [-0.1, -0.05) is 18.2 Å². The number of rotatable bonds is 3. The maximum atomic E-state index is 14.1. The lowest BCUT2D eigenvalue weighted by Crippen LogP contribution is -2.50. The third kappa shape index (κ3) is 3.39. The van der Waals surface area contributed by atoms with Crippen LogP contribution < -0.4 is 9.47 Å². The molecule has 1 saturated heterocycles. The summed E-state index contributed by atoms with van der Waals surface area (Å²) in [7, 11) is 0. The highest BCUT2D eigenvalue weighted by Gasteiger charge is 2.45. The van der Waals surface area contributed by atoms with E-state index in [-0.39, 0.29) is 18.7 Å². The number of fused-ring (bicyclic) bond motifs is 4. The lowest BCUT2D eigenvalue weighted by atomic mass is 9.86. The number of benzene rings is 2. The first-order valence-corrected chi connectivity index (χ1v) is 10.4. The van der Waals surface area contributed by atoms with Crippen molar-refractivity contribution in [2.45, 2.75) is 25.1 Å². The van der Waals surface area contributed by atoms with Gasteiger partial charge in [0.25, 0.3) is 5.91 Å². The fourth-order valence-corrected chi connectivity index (χ4v) is 4.62. The Bertz CT molecular complexity index is 1270. The molecule has 0 bridgehead atoms. The summed E-state index contributed by atoms with van der Waals surface area (Å²) in [5, 5.41) is 9.59. The van der Waals surface area contributed by atoms with Crippen LogP contribution in [0, 0.1) is 17.1 Å². The molecule has 0 atom stereocenters. The lowest BCUT2D eigenvalue weighted by Gasteiger charge is -2.45. The minimum absolute atomic E-state index is 0.249. The molecule has 1 amide bonds. The number of ether oxygens (including phenoxy) is 2. The summed E-state index contributed by atoms with van der Waals surface area (Å²) in [5.74, 6) is -1.74. The van der Waals surface area contributed by atoms with Gasteiger partial charge in [0.2, 0.25) is 0 Å². The Kier molecular flexibility index (Phi) is 5.01. The number of nitriles is 1. The number of nitrogens with zero attached hydrogens (tertiary/aromatic N) is 3. The molecule has 0 N–H and O–H groups in total. The molecule has 2 aliphatic heterocycles. The van der Waals surface area contributed by atoms with Gasteiger partial charge in [0.1, 0.15) is 17.5 Å². The molecule has 1 spiro atoms. The molecule has 1 fully saturated rings. The molecule has 2 aromatic carbocycles. The molecular weight excluding hydrogens is 435 g/mol. The van der Waals surface area contributed by atoms with Crippen molar-refractivity contribution in [2.75, 3.05) is 13.1 Å². The number of carbonyl (C=O) groups is 1. The van der Waals surface area contributed by atoms with Gasteiger partial charge in [0.05, 0.1) is 16.9 Å². The predicted molar refractivity (Wildman–Crippen MR) is 111 cm³/mol. The van der Waals surface area contributed by atoms with Gasteiger partial charge in [0, 0.05) is 25.9 Å². The summed E-state index contributed by atoms with van der Waals surface area (Å²) in [6, 6.07) is 16.7. The van der Waals surface area contributed by atoms with Crippen LogP contribution in [-0.2, 0) is 5.60 Å². The van der Waals surface area contributed by atoms with E-state index in [0.29, 0.717) is 24.3 Å². The van der Waals surface area contributed by atoms with E-state index in [9.17, 15) is 23.2 Å². The van der Waals surface area contributed by atoms with Crippen LogP contribution in [0.25, 0.3) is 5.69 Å². The van der Waals surface area contributed by atoms with Gasteiger partial charge in [-0.3, -0.25) is 9.36 Å². The van der Waals surface area contributed by atoms with Crippen molar-refractivity contribution in [1.29, 1.82) is 5.26 Å². The van der Waals surface area contributed by atoms with Crippen molar-refractivity contribution in [1.82, 2.24) is 9.47 Å². The van der Waals surface area contributed by atoms with E-state index in [1.54, 1.807) is 6.07 Å². The van der Waals surface area contributed by atoms with E-state index in [1.165, 1.54) is 17.0 Å². The molecule has 168 valence electrons. The Balaban J connectivity index is 1.44. The summed E-state index contributed by atoms with van der Waals surface area (Å²) >= 11 is 0. The minimum atomic E-state index is -3.25. The van der Waals surface area contributed by atoms with E-state index in [4.69, 9.17) is 4.74 Å². The number of likely N-dealkylation sites (tertiary alicyclic amines) is 1. The van der Waals surface area contributed by atoms with Gasteiger partial charge in [-0.25, -0.2) is 4.39 Å². The monoisotopic (exact) mass is 453 g/mol. The van der Waals surface area contributed by atoms with Crippen LogP contribution in [0.2, 0.25) is 0 Å². The number of para-hydroxylation sites is 3. The van der Waals surface area contributed by atoms with E-state index in [2.05, 4.69) is 10.8 Å². The fraction of sp³-hybridized carbons (Fsp3) is 0.250. The Morgan fingerprint density at radius 3 is 2.58 bits per heavy atom. The number of hydrogen-bond donors (Lipinski definition) is 0. The Labute approximate surface area is 187 Å². The number of aromatic nitrogens is 1. The molecule has 0 saturated carbocycles. The zero-order chi connectivity index (χ0) is 23.2. The minimum Gasteiger partial charge on any atom is -0.479 e. The van der Waals surface area contributed by atoms with Crippen LogP contribution in [0.5, 0.6) is 11.5 Å². The van der Waals surface area contributed by atoms with Crippen LogP contribution in [0.3, 0.4) is 0 Å². The van der Waals surface area contributed by atoms with Crippen molar-refractivity contribution in [3.63, 3.8) is 0 Å². The summed E-state index contributed by atoms with van der Waals surface area (Å²) < 4.78 is 52.2. The average Bonchev–Trinajstić information content (AvgIpc) is 3.26. The Hall–Kier alpha value is -3.93. The Morgan fingerprint density at radius 2 is 1.85 bits per heavy atom. The molecule has 1 aromatic heterocycles. The third-order valence-corrected chi connectivity index (χ3v) is 6.14. The molecule has 3 aromatic rings. The summed E-state index contributed by atoms with van der Waals surface area (Å²) in [5.41, 5.74) is 1.05. The van der Waals surface area contributed by atoms with Gasteiger partial charge >= 0.3 is 6.61 Å². The van der Waals surface area contributed by atoms with Crippen LogP contribution in [0.15, 0.2) is 54.6 Å². The van der Waals surface area contributed by atoms with Crippen LogP contribution in [0.4, 0.5) is 13.2 Å². The highest BCUT2D eigenvalue weighted by molar-refractivity contribution is 5.97. The summed E-state index contributed by atoms with van der Waals surface area (Å²) in [4.78, 5) is 14.5. The quantitative estimate of drug-likeness (QED) is 0.581. The maximum Gasteiger partial charge on any atom is 0.387 e. The summed E-state index contributed by atoms with van der Waals surface area (Å²) in [6.07, 6.45) is 0.810. The number of halogens is 3. The lowest BCUT2D eigenvalue weighted by molar-refractivity contribution is -0.0528. The van der Waals surface area contributed by atoms with E-state index in [0.717, 1.165) is 17.4 Å². The van der Waals surface area contributed by atoms with Crippen LogP contribution in [-0.4, -0.2) is 35.1 Å². The Morgan fingerprint density at radius 1 is 1.09 bits per heavy atom. The van der Waals surface area contributed by atoms with Gasteiger partial charge < -0.3 is 14.4 Å². The molecule has 0 aliphatic carbocycles. The van der Waals surface area contributed by atoms with Crippen LogP contribution >= 0.6 is 0 Å². The maximum absolute atomic E-state index is 14.1. The van der Waals surface area contributed by atoms with Crippen molar-refractivity contribution in [3.8, 4) is 23.3 Å².